The Morgan fingerprint density at radius 2 is 1.76 bits per heavy atom. The zero-order valence-corrected chi connectivity index (χ0v) is 13.7. The highest BCUT2D eigenvalue weighted by Crippen LogP contribution is 2.31. The van der Waals surface area contributed by atoms with Crippen molar-refractivity contribution in [1.82, 2.24) is 5.32 Å². The molecule has 0 aromatic heterocycles. The largest absolute Gasteiger partial charge is 0.497 e. The minimum absolute atomic E-state index is 0.645. The number of nitrogens with one attached hydrogen (secondary N) is 1. The number of hydrogen-bond donors (Lipinski definition) is 1. The van der Waals surface area contributed by atoms with Gasteiger partial charge in [-0.15, -0.1) is 0 Å². The zero-order chi connectivity index (χ0) is 14.8. The van der Waals surface area contributed by atoms with Crippen LogP contribution in [0.5, 0.6) is 5.75 Å². The van der Waals surface area contributed by atoms with Gasteiger partial charge < -0.3 is 10.1 Å². The van der Waals surface area contributed by atoms with Crippen LogP contribution in [0.1, 0.15) is 50.7 Å². The number of aryl methyl sites for hydroxylation is 1. The Morgan fingerprint density at radius 3 is 2.48 bits per heavy atom. The standard InChI is InChI=1S/C19H29NO/c1-13-8-14(2)10-18(9-13)20-17-6-4-15-5-7-19(21-3)12-16(15)11-17/h5,7,12-14,17-18,20H,4,6,8-11H2,1-3H3. The van der Waals surface area contributed by atoms with E-state index in [1.165, 1.54) is 43.2 Å². The van der Waals surface area contributed by atoms with E-state index in [9.17, 15) is 0 Å². The van der Waals surface area contributed by atoms with Gasteiger partial charge in [0.2, 0.25) is 0 Å². The fourth-order valence-corrected chi connectivity index (χ4v) is 4.42. The minimum atomic E-state index is 0.645. The Hall–Kier alpha value is -1.02. The molecule has 0 amide bonds. The zero-order valence-electron chi connectivity index (χ0n) is 13.7. The summed E-state index contributed by atoms with van der Waals surface area (Å²) in [6.45, 7) is 4.82. The van der Waals surface area contributed by atoms with Crippen molar-refractivity contribution in [3.8, 4) is 5.75 Å². The van der Waals surface area contributed by atoms with Crippen LogP contribution in [0.4, 0.5) is 0 Å². The Bertz CT molecular complexity index is 474. The van der Waals surface area contributed by atoms with Gasteiger partial charge >= 0.3 is 0 Å². The molecule has 1 fully saturated rings. The van der Waals surface area contributed by atoms with Gasteiger partial charge in [-0.3, -0.25) is 0 Å². The van der Waals surface area contributed by atoms with Crippen LogP contribution in [0.2, 0.25) is 0 Å². The van der Waals surface area contributed by atoms with E-state index in [2.05, 4.69) is 37.4 Å². The summed E-state index contributed by atoms with van der Waals surface area (Å²) in [6.07, 6.45) is 7.75. The molecule has 1 aromatic carbocycles. The van der Waals surface area contributed by atoms with E-state index in [1.54, 1.807) is 7.11 Å². The number of fused-ring (bicyclic) bond motifs is 1. The molecule has 3 rings (SSSR count). The van der Waals surface area contributed by atoms with Crippen molar-refractivity contribution in [3.63, 3.8) is 0 Å². The smallest absolute Gasteiger partial charge is 0.119 e. The molecule has 1 saturated carbocycles. The van der Waals surface area contributed by atoms with Crippen LogP contribution in [-0.4, -0.2) is 19.2 Å². The summed E-state index contributed by atoms with van der Waals surface area (Å²) in [5.74, 6) is 2.75. The van der Waals surface area contributed by atoms with Gasteiger partial charge in [0, 0.05) is 12.1 Å². The predicted molar refractivity (Wildman–Crippen MR) is 87.9 cm³/mol. The van der Waals surface area contributed by atoms with Gasteiger partial charge in [-0.25, -0.2) is 0 Å². The molecular weight excluding hydrogens is 258 g/mol. The summed E-state index contributed by atoms with van der Waals surface area (Å²) < 4.78 is 5.37. The molecule has 1 N–H and O–H groups in total. The maximum absolute atomic E-state index is 5.37. The van der Waals surface area contributed by atoms with Crippen molar-refractivity contribution in [2.75, 3.05) is 7.11 Å². The summed E-state index contributed by atoms with van der Waals surface area (Å²) in [6, 6.07) is 7.94. The second-order valence-electron chi connectivity index (χ2n) is 7.36. The van der Waals surface area contributed by atoms with Crippen LogP contribution in [0.3, 0.4) is 0 Å². The van der Waals surface area contributed by atoms with E-state index in [0.29, 0.717) is 6.04 Å². The molecular formula is C19H29NO. The quantitative estimate of drug-likeness (QED) is 0.908. The highest BCUT2D eigenvalue weighted by Gasteiger charge is 2.27. The van der Waals surface area contributed by atoms with Gasteiger partial charge in [-0.1, -0.05) is 19.9 Å². The van der Waals surface area contributed by atoms with Gasteiger partial charge in [0.05, 0.1) is 7.11 Å². The summed E-state index contributed by atoms with van der Waals surface area (Å²) in [5.41, 5.74) is 2.99. The molecule has 0 bridgehead atoms. The molecule has 2 heteroatoms. The molecule has 0 spiro atoms. The normalized spacial score (nSPS) is 32.5. The lowest BCUT2D eigenvalue weighted by Gasteiger charge is -2.36. The third kappa shape index (κ3) is 3.60. The van der Waals surface area contributed by atoms with E-state index in [4.69, 9.17) is 4.74 Å². The Kier molecular flexibility index (Phi) is 4.54. The molecule has 3 atom stereocenters. The fourth-order valence-electron chi connectivity index (χ4n) is 4.42. The van der Waals surface area contributed by atoms with E-state index in [-0.39, 0.29) is 0 Å². The van der Waals surface area contributed by atoms with Crippen molar-refractivity contribution in [2.24, 2.45) is 11.8 Å². The van der Waals surface area contributed by atoms with Crippen molar-refractivity contribution in [1.29, 1.82) is 0 Å². The van der Waals surface area contributed by atoms with Crippen LogP contribution < -0.4 is 10.1 Å². The molecule has 21 heavy (non-hydrogen) atoms. The minimum Gasteiger partial charge on any atom is -0.497 e. The first-order valence-corrected chi connectivity index (χ1v) is 8.56. The van der Waals surface area contributed by atoms with Crippen molar-refractivity contribution in [3.05, 3.63) is 29.3 Å². The molecule has 3 unspecified atom stereocenters. The molecule has 0 aliphatic heterocycles. The SMILES string of the molecule is COc1ccc2c(c1)CC(NC1CC(C)CC(C)C1)CC2. The lowest BCUT2D eigenvalue weighted by Crippen LogP contribution is -2.44. The van der Waals surface area contributed by atoms with Crippen LogP contribution in [0.25, 0.3) is 0 Å². The number of benzene rings is 1. The second kappa shape index (κ2) is 6.39. The Labute approximate surface area is 129 Å². The van der Waals surface area contributed by atoms with Crippen molar-refractivity contribution in [2.45, 2.75) is 64.5 Å². The van der Waals surface area contributed by atoms with Crippen molar-refractivity contribution >= 4 is 0 Å². The first-order valence-electron chi connectivity index (χ1n) is 8.56. The topological polar surface area (TPSA) is 21.3 Å². The lowest BCUT2D eigenvalue weighted by molar-refractivity contribution is 0.220. The summed E-state index contributed by atoms with van der Waals surface area (Å²) in [4.78, 5) is 0. The summed E-state index contributed by atoms with van der Waals surface area (Å²) in [5, 5.41) is 3.96. The highest BCUT2D eigenvalue weighted by molar-refractivity contribution is 5.37. The van der Waals surface area contributed by atoms with Gasteiger partial charge in [0.15, 0.2) is 0 Å². The van der Waals surface area contributed by atoms with E-state index in [0.717, 1.165) is 30.0 Å². The number of ether oxygens (including phenoxy) is 1. The monoisotopic (exact) mass is 287 g/mol. The van der Waals surface area contributed by atoms with Crippen LogP contribution in [0, 0.1) is 11.8 Å². The third-order valence-corrected chi connectivity index (χ3v) is 5.29. The summed E-state index contributed by atoms with van der Waals surface area (Å²) >= 11 is 0. The van der Waals surface area contributed by atoms with Crippen LogP contribution in [-0.2, 0) is 12.8 Å². The van der Waals surface area contributed by atoms with Crippen molar-refractivity contribution < 1.29 is 4.74 Å². The molecule has 1 aromatic rings. The predicted octanol–water partition coefficient (Wildman–Crippen LogP) is 3.97. The summed E-state index contributed by atoms with van der Waals surface area (Å²) in [7, 11) is 1.76. The first kappa shape index (κ1) is 14.9. The van der Waals surface area contributed by atoms with E-state index < -0.39 is 0 Å². The van der Waals surface area contributed by atoms with Gasteiger partial charge in [-0.05, 0) is 73.6 Å². The first-order chi connectivity index (χ1) is 10.1. The average Bonchev–Trinajstić information content (AvgIpc) is 2.45. The maximum atomic E-state index is 5.37. The highest BCUT2D eigenvalue weighted by atomic mass is 16.5. The molecule has 0 heterocycles. The lowest BCUT2D eigenvalue weighted by atomic mass is 9.79. The number of hydrogen-bond acceptors (Lipinski definition) is 2. The number of rotatable bonds is 3. The molecule has 2 aliphatic carbocycles. The molecule has 2 aliphatic rings. The molecule has 116 valence electrons. The molecule has 0 radical (unpaired) electrons. The van der Waals surface area contributed by atoms with E-state index in [1.807, 2.05) is 0 Å². The van der Waals surface area contributed by atoms with Gasteiger partial charge in [-0.2, -0.15) is 0 Å². The molecule has 2 nitrogen and oxygen atoms in total. The Balaban J connectivity index is 1.63. The fraction of sp³-hybridized carbons (Fsp3) is 0.684. The van der Waals surface area contributed by atoms with Gasteiger partial charge in [0.1, 0.15) is 5.75 Å². The third-order valence-electron chi connectivity index (χ3n) is 5.29. The second-order valence-corrected chi connectivity index (χ2v) is 7.36. The van der Waals surface area contributed by atoms with Gasteiger partial charge in [0.25, 0.3) is 0 Å². The Morgan fingerprint density at radius 1 is 1.00 bits per heavy atom. The van der Waals surface area contributed by atoms with Crippen LogP contribution >= 0.6 is 0 Å². The molecule has 0 saturated heterocycles. The average molecular weight is 287 g/mol. The van der Waals surface area contributed by atoms with E-state index >= 15 is 0 Å². The maximum Gasteiger partial charge on any atom is 0.119 e. The number of methoxy groups -OCH3 is 1. The van der Waals surface area contributed by atoms with Crippen LogP contribution in [0.15, 0.2) is 18.2 Å².